The maximum Gasteiger partial charge on any atom is 0.225 e. The van der Waals surface area contributed by atoms with E-state index in [9.17, 15) is 9.59 Å². The third-order valence-electron chi connectivity index (χ3n) is 5.87. The van der Waals surface area contributed by atoms with E-state index in [1.807, 2.05) is 11.8 Å². The van der Waals surface area contributed by atoms with Crippen LogP contribution < -0.4 is 5.32 Å². The molecule has 1 saturated heterocycles. The summed E-state index contributed by atoms with van der Waals surface area (Å²) in [5, 5.41) is 3.07. The van der Waals surface area contributed by atoms with Crippen LogP contribution in [0.1, 0.15) is 39.5 Å². The molecular formula is C18H31N3O2. The number of nitrogens with zero attached hydrogens (tertiary/aromatic N) is 2. The predicted octanol–water partition coefficient (Wildman–Crippen LogP) is 1.34. The molecule has 23 heavy (non-hydrogen) atoms. The van der Waals surface area contributed by atoms with Crippen molar-refractivity contribution in [1.29, 1.82) is 0 Å². The lowest BCUT2D eigenvalue weighted by Gasteiger charge is -2.36. The number of rotatable bonds is 7. The zero-order valence-corrected chi connectivity index (χ0v) is 14.6. The van der Waals surface area contributed by atoms with Crippen molar-refractivity contribution in [2.24, 2.45) is 23.7 Å². The Bertz CT molecular complexity index is 435. The second-order valence-corrected chi connectivity index (χ2v) is 7.71. The lowest BCUT2D eigenvalue weighted by molar-refractivity contribution is -0.137. The van der Waals surface area contributed by atoms with Crippen LogP contribution in [-0.4, -0.2) is 60.9 Å². The second-order valence-electron chi connectivity index (χ2n) is 7.71. The summed E-state index contributed by atoms with van der Waals surface area (Å²) in [6.07, 6.45) is 4.88. The number of nitrogens with one attached hydrogen (secondary N) is 1. The Morgan fingerprint density at radius 1 is 0.957 bits per heavy atom. The van der Waals surface area contributed by atoms with Gasteiger partial charge in [-0.3, -0.25) is 14.5 Å². The minimum atomic E-state index is 0.174. The molecule has 1 N–H and O–H groups in total. The van der Waals surface area contributed by atoms with E-state index in [1.165, 1.54) is 25.7 Å². The summed E-state index contributed by atoms with van der Waals surface area (Å²) in [5.74, 6) is 2.21. The van der Waals surface area contributed by atoms with Gasteiger partial charge in [-0.2, -0.15) is 0 Å². The molecule has 2 saturated carbocycles. The average molecular weight is 321 g/mol. The van der Waals surface area contributed by atoms with Crippen molar-refractivity contribution in [3.05, 3.63) is 0 Å². The molecule has 0 aromatic rings. The van der Waals surface area contributed by atoms with Gasteiger partial charge in [0, 0.05) is 51.1 Å². The summed E-state index contributed by atoms with van der Waals surface area (Å²) in [4.78, 5) is 28.7. The molecule has 1 aliphatic heterocycles. The van der Waals surface area contributed by atoms with Gasteiger partial charge in [0.25, 0.3) is 0 Å². The van der Waals surface area contributed by atoms with Crippen LogP contribution in [0, 0.1) is 23.7 Å². The molecule has 2 aliphatic carbocycles. The molecule has 3 aliphatic rings. The van der Waals surface area contributed by atoms with Crippen molar-refractivity contribution in [1.82, 2.24) is 15.1 Å². The van der Waals surface area contributed by atoms with Crippen LogP contribution in [0.5, 0.6) is 0 Å². The topological polar surface area (TPSA) is 52.7 Å². The number of hydrogen-bond donors (Lipinski definition) is 1. The SMILES string of the molecule is CC(C(=O)NCCN1CCN(C(=O)C(C)C2CC2)CC1)C1CC1. The highest BCUT2D eigenvalue weighted by Gasteiger charge is 2.36. The van der Waals surface area contributed by atoms with E-state index < -0.39 is 0 Å². The van der Waals surface area contributed by atoms with Gasteiger partial charge < -0.3 is 10.2 Å². The summed E-state index contributed by atoms with van der Waals surface area (Å²) in [5.41, 5.74) is 0. The van der Waals surface area contributed by atoms with Crippen LogP contribution in [0.25, 0.3) is 0 Å². The molecule has 130 valence electrons. The number of piperazine rings is 1. The highest BCUT2D eigenvalue weighted by Crippen LogP contribution is 2.37. The van der Waals surface area contributed by atoms with Gasteiger partial charge in [-0.1, -0.05) is 13.8 Å². The van der Waals surface area contributed by atoms with Crippen LogP contribution in [0.4, 0.5) is 0 Å². The van der Waals surface area contributed by atoms with Gasteiger partial charge in [-0.05, 0) is 37.5 Å². The molecule has 5 nitrogen and oxygen atoms in total. The highest BCUT2D eigenvalue weighted by atomic mass is 16.2. The molecule has 3 rings (SSSR count). The molecular weight excluding hydrogens is 290 g/mol. The monoisotopic (exact) mass is 321 g/mol. The molecule has 1 heterocycles. The first-order valence-electron chi connectivity index (χ1n) is 9.35. The molecule has 2 unspecified atom stereocenters. The minimum absolute atomic E-state index is 0.174. The zero-order chi connectivity index (χ0) is 16.4. The quantitative estimate of drug-likeness (QED) is 0.770. The zero-order valence-electron chi connectivity index (χ0n) is 14.6. The summed E-state index contributed by atoms with van der Waals surface area (Å²) in [6.45, 7) is 9.27. The van der Waals surface area contributed by atoms with Crippen molar-refractivity contribution in [3.8, 4) is 0 Å². The lowest BCUT2D eigenvalue weighted by Crippen LogP contribution is -2.51. The highest BCUT2D eigenvalue weighted by molar-refractivity contribution is 5.79. The molecule has 0 bridgehead atoms. The van der Waals surface area contributed by atoms with Crippen LogP contribution in [0.15, 0.2) is 0 Å². The molecule has 0 radical (unpaired) electrons. The van der Waals surface area contributed by atoms with Crippen molar-refractivity contribution in [2.75, 3.05) is 39.3 Å². The largest absolute Gasteiger partial charge is 0.355 e. The first-order valence-corrected chi connectivity index (χ1v) is 9.35. The van der Waals surface area contributed by atoms with Gasteiger partial charge in [0.05, 0.1) is 0 Å². The fraction of sp³-hybridized carbons (Fsp3) is 0.889. The number of carbonyl (C=O) groups excluding carboxylic acids is 2. The first kappa shape index (κ1) is 16.7. The van der Waals surface area contributed by atoms with Gasteiger partial charge in [0.15, 0.2) is 0 Å². The van der Waals surface area contributed by atoms with Crippen LogP contribution in [0.3, 0.4) is 0 Å². The van der Waals surface area contributed by atoms with Gasteiger partial charge in [-0.15, -0.1) is 0 Å². The number of amides is 2. The Kier molecular flexibility index (Phi) is 5.24. The van der Waals surface area contributed by atoms with Gasteiger partial charge >= 0.3 is 0 Å². The number of hydrogen-bond acceptors (Lipinski definition) is 3. The van der Waals surface area contributed by atoms with E-state index in [-0.39, 0.29) is 17.7 Å². The van der Waals surface area contributed by atoms with Crippen LogP contribution >= 0.6 is 0 Å². The Morgan fingerprint density at radius 3 is 2.09 bits per heavy atom. The number of carbonyl (C=O) groups is 2. The van der Waals surface area contributed by atoms with Crippen LogP contribution in [-0.2, 0) is 9.59 Å². The fourth-order valence-corrected chi connectivity index (χ4v) is 3.59. The van der Waals surface area contributed by atoms with Gasteiger partial charge in [-0.25, -0.2) is 0 Å². The van der Waals surface area contributed by atoms with E-state index >= 15 is 0 Å². The maximum atomic E-state index is 12.4. The molecule has 5 heteroatoms. The maximum absolute atomic E-state index is 12.4. The standard InChI is InChI=1S/C18H31N3O2/c1-13(15-3-4-15)17(22)19-7-8-20-9-11-21(12-10-20)18(23)14(2)16-5-6-16/h13-16H,3-12H2,1-2H3,(H,19,22). The summed E-state index contributed by atoms with van der Waals surface area (Å²) in [6, 6.07) is 0. The Morgan fingerprint density at radius 2 is 1.52 bits per heavy atom. The first-order chi connectivity index (χ1) is 11.1. The van der Waals surface area contributed by atoms with E-state index in [0.29, 0.717) is 17.7 Å². The van der Waals surface area contributed by atoms with E-state index in [0.717, 1.165) is 39.3 Å². The molecule has 2 atom stereocenters. The summed E-state index contributed by atoms with van der Waals surface area (Å²) in [7, 11) is 0. The molecule has 0 aromatic carbocycles. The van der Waals surface area contributed by atoms with E-state index in [4.69, 9.17) is 0 Å². The Labute approximate surface area is 139 Å². The third kappa shape index (κ3) is 4.46. The normalized spacial score (nSPS) is 25.0. The third-order valence-corrected chi connectivity index (χ3v) is 5.87. The Balaban J connectivity index is 1.31. The van der Waals surface area contributed by atoms with Crippen LogP contribution in [0.2, 0.25) is 0 Å². The smallest absolute Gasteiger partial charge is 0.225 e. The fourth-order valence-electron chi connectivity index (χ4n) is 3.59. The van der Waals surface area contributed by atoms with Gasteiger partial charge in [0.2, 0.25) is 11.8 Å². The van der Waals surface area contributed by atoms with E-state index in [1.54, 1.807) is 0 Å². The summed E-state index contributed by atoms with van der Waals surface area (Å²) >= 11 is 0. The summed E-state index contributed by atoms with van der Waals surface area (Å²) < 4.78 is 0. The Hall–Kier alpha value is -1.10. The molecule has 2 amide bonds. The van der Waals surface area contributed by atoms with Crippen molar-refractivity contribution in [2.45, 2.75) is 39.5 Å². The average Bonchev–Trinajstić information content (AvgIpc) is 3.45. The minimum Gasteiger partial charge on any atom is -0.355 e. The molecule has 3 fully saturated rings. The van der Waals surface area contributed by atoms with E-state index in [2.05, 4.69) is 17.1 Å². The van der Waals surface area contributed by atoms with Gasteiger partial charge in [0.1, 0.15) is 0 Å². The van der Waals surface area contributed by atoms with Crippen molar-refractivity contribution < 1.29 is 9.59 Å². The second kappa shape index (κ2) is 7.20. The molecule has 0 spiro atoms. The lowest BCUT2D eigenvalue weighted by atomic mass is 10.0. The molecule has 0 aromatic heterocycles. The van der Waals surface area contributed by atoms with Crippen molar-refractivity contribution in [3.63, 3.8) is 0 Å². The van der Waals surface area contributed by atoms with Crippen molar-refractivity contribution >= 4 is 11.8 Å². The predicted molar refractivity (Wildman–Crippen MR) is 89.8 cm³/mol.